The first-order valence-electron chi connectivity index (χ1n) is 4.02. The molecule has 1 aromatic carbocycles. The monoisotopic (exact) mass is 178 g/mol. The maximum absolute atomic E-state index is 11.0. The minimum atomic E-state index is -0.411. The van der Waals surface area contributed by atoms with E-state index < -0.39 is 5.91 Å². The molecule has 0 unspecified atom stereocenters. The van der Waals surface area contributed by atoms with Crippen molar-refractivity contribution in [1.29, 1.82) is 0 Å². The Morgan fingerprint density at radius 1 is 1.54 bits per heavy atom. The first kappa shape index (κ1) is 8.07. The molecule has 1 amide bonds. The van der Waals surface area contributed by atoms with Crippen molar-refractivity contribution in [3.8, 4) is 0 Å². The molecule has 4 heteroatoms. The number of ether oxygens (including phenoxy) is 1. The van der Waals surface area contributed by atoms with Gasteiger partial charge in [0.15, 0.2) is 0 Å². The third kappa shape index (κ3) is 1.36. The molecule has 0 atom stereocenters. The zero-order valence-corrected chi connectivity index (χ0v) is 7.04. The van der Waals surface area contributed by atoms with Gasteiger partial charge in [0.1, 0.15) is 6.73 Å². The second kappa shape index (κ2) is 3.06. The highest BCUT2D eigenvalue weighted by molar-refractivity contribution is 5.99. The molecule has 1 aliphatic heterocycles. The highest BCUT2D eigenvalue weighted by atomic mass is 16.5. The van der Waals surface area contributed by atoms with E-state index in [1.807, 2.05) is 6.07 Å². The molecule has 0 saturated carbocycles. The number of amides is 1. The standard InChI is InChI=1S/C9H10N2O2/c10-9(12)7-3-1-2-6-4-13-5-11-8(6)7/h1-3,11H,4-5H2,(H2,10,12). The lowest BCUT2D eigenvalue weighted by Gasteiger charge is -2.20. The van der Waals surface area contributed by atoms with Gasteiger partial charge in [-0.15, -0.1) is 0 Å². The summed E-state index contributed by atoms with van der Waals surface area (Å²) in [7, 11) is 0. The van der Waals surface area contributed by atoms with Gasteiger partial charge >= 0.3 is 0 Å². The molecule has 0 radical (unpaired) electrons. The van der Waals surface area contributed by atoms with Gasteiger partial charge in [-0.05, 0) is 6.07 Å². The maximum Gasteiger partial charge on any atom is 0.250 e. The topological polar surface area (TPSA) is 64.4 Å². The van der Waals surface area contributed by atoms with Crippen molar-refractivity contribution in [2.45, 2.75) is 6.61 Å². The van der Waals surface area contributed by atoms with E-state index in [0.717, 1.165) is 11.3 Å². The van der Waals surface area contributed by atoms with Crippen LogP contribution in [-0.2, 0) is 11.3 Å². The fourth-order valence-electron chi connectivity index (χ4n) is 1.42. The average molecular weight is 178 g/mol. The number of fused-ring (bicyclic) bond motifs is 1. The minimum Gasteiger partial charge on any atom is -0.366 e. The van der Waals surface area contributed by atoms with Gasteiger partial charge in [-0.3, -0.25) is 4.79 Å². The van der Waals surface area contributed by atoms with Gasteiger partial charge in [0.25, 0.3) is 5.91 Å². The Hall–Kier alpha value is -1.55. The van der Waals surface area contributed by atoms with Crippen molar-refractivity contribution in [3.63, 3.8) is 0 Å². The Morgan fingerprint density at radius 3 is 3.15 bits per heavy atom. The molecular weight excluding hydrogens is 168 g/mol. The molecule has 0 saturated heterocycles. The third-order valence-electron chi connectivity index (χ3n) is 2.02. The molecule has 1 heterocycles. The van der Waals surface area contributed by atoms with E-state index in [2.05, 4.69) is 5.32 Å². The molecule has 3 N–H and O–H groups in total. The van der Waals surface area contributed by atoms with Crippen molar-refractivity contribution in [3.05, 3.63) is 29.3 Å². The molecule has 1 aliphatic rings. The number of hydrogen-bond acceptors (Lipinski definition) is 3. The molecule has 4 nitrogen and oxygen atoms in total. The van der Waals surface area contributed by atoms with Gasteiger partial charge in [0.2, 0.25) is 0 Å². The van der Waals surface area contributed by atoms with E-state index in [1.54, 1.807) is 12.1 Å². The molecule has 0 bridgehead atoms. The molecular formula is C9H10N2O2. The van der Waals surface area contributed by atoms with Gasteiger partial charge < -0.3 is 15.8 Å². The predicted octanol–water partition coefficient (Wildman–Crippen LogP) is 0.685. The molecule has 2 rings (SSSR count). The minimum absolute atomic E-state index is 0.411. The van der Waals surface area contributed by atoms with E-state index >= 15 is 0 Å². The normalized spacial score (nSPS) is 14.5. The number of nitrogens with two attached hydrogens (primary N) is 1. The quantitative estimate of drug-likeness (QED) is 0.664. The number of anilines is 1. The first-order valence-corrected chi connectivity index (χ1v) is 4.02. The van der Waals surface area contributed by atoms with E-state index in [0.29, 0.717) is 18.9 Å². The summed E-state index contributed by atoms with van der Waals surface area (Å²) in [5.41, 5.74) is 7.53. The summed E-state index contributed by atoms with van der Waals surface area (Å²) in [6.07, 6.45) is 0. The van der Waals surface area contributed by atoms with Crippen molar-refractivity contribution in [1.82, 2.24) is 0 Å². The van der Waals surface area contributed by atoms with Crippen molar-refractivity contribution >= 4 is 11.6 Å². The van der Waals surface area contributed by atoms with Gasteiger partial charge in [-0.2, -0.15) is 0 Å². The van der Waals surface area contributed by atoms with Crippen LogP contribution in [0.25, 0.3) is 0 Å². The van der Waals surface area contributed by atoms with E-state index in [1.165, 1.54) is 0 Å². The van der Waals surface area contributed by atoms with Crippen LogP contribution >= 0.6 is 0 Å². The predicted molar refractivity (Wildman–Crippen MR) is 48.2 cm³/mol. The number of rotatable bonds is 1. The van der Waals surface area contributed by atoms with Gasteiger partial charge in [-0.1, -0.05) is 12.1 Å². The Bertz CT molecular complexity index is 349. The zero-order valence-electron chi connectivity index (χ0n) is 7.04. The number of carbonyl (C=O) groups excluding carboxylic acids is 1. The van der Waals surface area contributed by atoms with Crippen LogP contribution < -0.4 is 11.1 Å². The smallest absolute Gasteiger partial charge is 0.250 e. The number of nitrogens with one attached hydrogen (secondary N) is 1. The fraction of sp³-hybridized carbons (Fsp3) is 0.222. The summed E-state index contributed by atoms with van der Waals surface area (Å²) in [6, 6.07) is 5.42. The fourth-order valence-corrected chi connectivity index (χ4v) is 1.42. The molecule has 0 fully saturated rings. The summed E-state index contributed by atoms with van der Waals surface area (Å²) in [5, 5.41) is 2.99. The first-order chi connectivity index (χ1) is 6.29. The summed E-state index contributed by atoms with van der Waals surface area (Å²) < 4.78 is 5.17. The van der Waals surface area contributed by atoms with Gasteiger partial charge in [0.05, 0.1) is 17.9 Å². The van der Waals surface area contributed by atoms with Gasteiger partial charge in [0, 0.05) is 5.56 Å². The summed E-state index contributed by atoms with van der Waals surface area (Å²) in [6.45, 7) is 0.959. The Morgan fingerprint density at radius 2 is 2.38 bits per heavy atom. The highest BCUT2D eigenvalue weighted by Gasteiger charge is 2.14. The van der Waals surface area contributed by atoms with Crippen molar-refractivity contribution in [2.24, 2.45) is 5.73 Å². The number of hydrogen-bond donors (Lipinski definition) is 2. The lowest BCUT2D eigenvalue weighted by atomic mass is 10.1. The Kier molecular flexibility index (Phi) is 1.90. The lowest BCUT2D eigenvalue weighted by Crippen LogP contribution is -2.20. The molecule has 1 aromatic rings. The summed E-state index contributed by atoms with van der Waals surface area (Å²) in [4.78, 5) is 11.0. The number of benzene rings is 1. The Labute approximate surface area is 75.7 Å². The molecule has 13 heavy (non-hydrogen) atoms. The molecule has 0 aromatic heterocycles. The van der Waals surface area contributed by atoms with E-state index in [-0.39, 0.29) is 0 Å². The summed E-state index contributed by atoms with van der Waals surface area (Å²) in [5.74, 6) is -0.411. The number of primary amides is 1. The van der Waals surface area contributed by atoms with Crippen LogP contribution in [0.3, 0.4) is 0 Å². The third-order valence-corrected chi connectivity index (χ3v) is 2.02. The van der Waals surface area contributed by atoms with E-state index in [9.17, 15) is 4.79 Å². The highest BCUT2D eigenvalue weighted by Crippen LogP contribution is 2.24. The van der Waals surface area contributed by atoms with Crippen LogP contribution in [0.15, 0.2) is 18.2 Å². The average Bonchev–Trinajstić information content (AvgIpc) is 2.17. The Balaban J connectivity index is 2.52. The molecule has 0 spiro atoms. The van der Waals surface area contributed by atoms with Crippen LogP contribution in [0.5, 0.6) is 0 Å². The van der Waals surface area contributed by atoms with Crippen molar-refractivity contribution < 1.29 is 9.53 Å². The number of para-hydroxylation sites is 1. The lowest BCUT2D eigenvalue weighted by molar-refractivity contribution is 0.0998. The number of carbonyl (C=O) groups is 1. The zero-order chi connectivity index (χ0) is 9.26. The van der Waals surface area contributed by atoms with Gasteiger partial charge in [-0.25, -0.2) is 0 Å². The van der Waals surface area contributed by atoms with E-state index in [4.69, 9.17) is 10.5 Å². The van der Waals surface area contributed by atoms with Crippen molar-refractivity contribution in [2.75, 3.05) is 12.0 Å². The second-order valence-corrected chi connectivity index (χ2v) is 2.87. The van der Waals surface area contributed by atoms with Crippen LogP contribution in [-0.4, -0.2) is 12.6 Å². The summed E-state index contributed by atoms with van der Waals surface area (Å²) >= 11 is 0. The largest absolute Gasteiger partial charge is 0.366 e. The molecule has 68 valence electrons. The van der Waals surface area contributed by atoms with Crippen LogP contribution in [0, 0.1) is 0 Å². The molecule has 0 aliphatic carbocycles. The second-order valence-electron chi connectivity index (χ2n) is 2.87. The maximum atomic E-state index is 11.0. The van der Waals surface area contributed by atoms with Crippen LogP contribution in [0.2, 0.25) is 0 Å². The van der Waals surface area contributed by atoms with Crippen LogP contribution in [0.1, 0.15) is 15.9 Å². The van der Waals surface area contributed by atoms with Crippen LogP contribution in [0.4, 0.5) is 5.69 Å². The SMILES string of the molecule is NC(=O)c1cccc2c1NCOC2.